The second kappa shape index (κ2) is 13.0. The topological polar surface area (TPSA) is 40.6 Å². The molecule has 0 aliphatic heterocycles. The third-order valence-electron chi connectivity index (χ3n) is 5.44. The number of hydrogen-bond acceptors (Lipinski definition) is 6. The first-order chi connectivity index (χ1) is 16.7. The molecule has 0 fully saturated rings. The van der Waals surface area contributed by atoms with Crippen LogP contribution in [0.15, 0.2) is 70.1 Å². The predicted molar refractivity (Wildman–Crippen MR) is 144 cm³/mol. The fraction of sp³-hybridized carbons (Fsp3) is 0.308. The second-order valence-corrected chi connectivity index (χ2v) is 12.2. The monoisotopic (exact) mass is 528 g/mol. The van der Waals surface area contributed by atoms with Crippen LogP contribution in [0.25, 0.3) is 0 Å². The van der Waals surface area contributed by atoms with E-state index in [-0.39, 0.29) is 11.8 Å². The van der Waals surface area contributed by atoms with Crippen LogP contribution in [0, 0.1) is 0 Å². The van der Waals surface area contributed by atoms with Crippen molar-refractivity contribution >= 4 is 57.2 Å². The highest BCUT2D eigenvalue weighted by atomic mass is 32.1. The molecule has 34 heavy (non-hydrogen) atoms. The first-order valence-electron chi connectivity index (χ1n) is 11.3. The van der Waals surface area contributed by atoms with Gasteiger partial charge in [-0.1, -0.05) is 24.3 Å². The van der Waals surface area contributed by atoms with Gasteiger partial charge >= 0.3 is 0 Å². The molecule has 0 bridgehead atoms. The number of amides is 2. The van der Waals surface area contributed by atoms with Crippen molar-refractivity contribution in [3.63, 3.8) is 0 Å². The highest BCUT2D eigenvalue weighted by Gasteiger charge is 2.18. The minimum Gasteiger partial charge on any atom is -0.332 e. The molecule has 0 saturated carbocycles. The van der Waals surface area contributed by atoms with Gasteiger partial charge < -0.3 is 9.80 Å². The molecular weight excluding hydrogens is 501 g/mol. The Morgan fingerprint density at radius 3 is 1.06 bits per heavy atom. The quantitative estimate of drug-likeness (QED) is 0.172. The Morgan fingerprint density at radius 2 is 0.824 bits per heavy atom. The van der Waals surface area contributed by atoms with Gasteiger partial charge in [0.25, 0.3) is 0 Å². The van der Waals surface area contributed by atoms with Crippen molar-refractivity contribution < 1.29 is 9.59 Å². The number of rotatable bonds is 13. The Morgan fingerprint density at radius 1 is 0.529 bits per heavy atom. The van der Waals surface area contributed by atoms with Gasteiger partial charge in [-0.2, -0.15) is 0 Å². The van der Waals surface area contributed by atoms with E-state index in [1.54, 1.807) is 45.3 Å². The van der Waals surface area contributed by atoms with E-state index in [2.05, 4.69) is 24.3 Å². The molecule has 0 aliphatic carbocycles. The zero-order valence-electron chi connectivity index (χ0n) is 18.9. The maximum absolute atomic E-state index is 13.0. The average Bonchev–Trinajstić information content (AvgIpc) is 3.64. The van der Waals surface area contributed by atoms with Crippen LogP contribution in [-0.2, 0) is 35.8 Å². The smallest absolute Gasteiger partial charge is 0.223 e. The fourth-order valence-corrected chi connectivity index (χ4v) is 6.57. The van der Waals surface area contributed by atoms with E-state index >= 15 is 0 Å². The number of hydrogen-bond donors (Lipinski definition) is 0. The minimum atomic E-state index is 0.156. The number of unbranched alkanes of at least 4 members (excludes halogenated alkanes) is 1. The molecule has 178 valence electrons. The van der Waals surface area contributed by atoms with E-state index in [1.165, 1.54) is 19.5 Å². The lowest BCUT2D eigenvalue weighted by molar-refractivity contribution is -0.134. The van der Waals surface area contributed by atoms with Crippen molar-refractivity contribution in [2.24, 2.45) is 0 Å². The molecule has 8 heteroatoms. The molecule has 4 heterocycles. The third-order valence-corrected chi connectivity index (χ3v) is 8.89. The molecule has 0 unspecified atom stereocenters. The Bertz CT molecular complexity index is 941. The number of carbonyl (C=O) groups is 2. The highest BCUT2D eigenvalue weighted by Crippen LogP contribution is 2.21. The van der Waals surface area contributed by atoms with Gasteiger partial charge in [-0.05, 0) is 58.6 Å². The summed E-state index contributed by atoms with van der Waals surface area (Å²) in [6, 6.07) is 16.4. The van der Waals surface area contributed by atoms with Gasteiger partial charge in [-0.25, -0.2) is 0 Å². The lowest BCUT2D eigenvalue weighted by atomic mass is 10.1. The zero-order valence-corrected chi connectivity index (χ0v) is 22.2. The van der Waals surface area contributed by atoms with Gasteiger partial charge in [-0.3, -0.25) is 9.59 Å². The highest BCUT2D eigenvalue weighted by molar-refractivity contribution is 7.10. The molecule has 0 aliphatic rings. The lowest BCUT2D eigenvalue weighted by Crippen LogP contribution is -2.30. The molecule has 4 rings (SSSR count). The van der Waals surface area contributed by atoms with E-state index in [0.717, 1.165) is 12.8 Å². The van der Waals surface area contributed by atoms with Crippen molar-refractivity contribution in [3.8, 4) is 0 Å². The molecule has 4 aromatic rings. The van der Waals surface area contributed by atoms with Crippen LogP contribution in [0.4, 0.5) is 0 Å². The molecule has 0 saturated heterocycles. The van der Waals surface area contributed by atoms with Crippen molar-refractivity contribution in [1.29, 1.82) is 0 Å². The molecule has 0 radical (unpaired) electrons. The van der Waals surface area contributed by atoms with Crippen molar-refractivity contribution in [3.05, 3.63) is 89.6 Å². The zero-order chi connectivity index (χ0) is 23.6. The van der Waals surface area contributed by atoms with Gasteiger partial charge in [0.2, 0.25) is 11.8 Å². The van der Waals surface area contributed by atoms with Crippen molar-refractivity contribution in [2.75, 3.05) is 0 Å². The molecule has 4 nitrogen and oxygen atoms in total. The van der Waals surface area contributed by atoms with Gasteiger partial charge in [0.1, 0.15) is 0 Å². The molecule has 4 aromatic heterocycles. The molecule has 0 aromatic carbocycles. The summed E-state index contributed by atoms with van der Waals surface area (Å²) in [4.78, 5) is 34.7. The average molecular weight is 529 g/mol. The van der Waals surface area contributed by atoms with Crippen LogP contribution in [-0.4, -0.2) is 21.6 Å². The van der Waals surface area contributed by atoms with E-state index in [9.17, 15) is 9.59 Å². The number of thiophene rings is 4. The molecular formula is C26H28N2O2S4. The van der Waals surface area contributed by atoms with E-state index in [4.69, 9.17) is 0 Å². The lowest BCUT2D eigenvalue weighted by Gasteiger charge is -2.23. The molecule has 0 atom stereocenters. The number of nitrogens with zero attached hydrogens (tertiary/aromatic N) is 2. The van der Waals surface area contributed by atoms with Crippen molar-refractivity contribution in [1.82, 2.24) is 9.80 Å². The Labute approximate surface area is 217 Å². The SMILES string of the molecule is O=C(CCCCC(=O)N(Cc1cccs1)Cc1cccs1)N(Cc1cccs1)Cc1cccs1. The first kappa shape index (κ1) is 24.9. The maximum atomic E-state index is 13.0. The Balaban J connectivity index is 1.28. The third kappa shape index (κ3) is 7.63. The molecule has 0 N–H and O–H groups in total. The summed E-state index contributed by atoms with van der Waals surface area (Å²) in [5.74, 6) is 0.312. The van der Waals surface area contributed by atoms with Crippen LogP contribution in [0.2, 0.25) is 0 Å². The fourth-order valence-electron chi connectivity index (χ4n) is 3.70. The summed E-state index contributed by atoms with van der Waals surface area (Å²) in [5.41, 5.74) is 0. The number of carbonyl (C=O) groups excluding carboxylic acids is 2. The second-order valence-electron chi connectivity index (χ2n) is 8.02. The van der Waals surface area contributed by atoms with Crippen LogP contribution in [0.3, 0.4) is 0 Å². The summed E-state index contributed by atoms with van der Waals surface area (Å²) in [5, 5.41) is 8.19. The Hall–Kier alpha value is -2.26. The van der Waals surface area contributed by atoms with Crippen molar-refractivity contribution in [2.45, 2.75) is 51.9 Å². The molecule has 2 amide bonds. The summed E-state index contributed by atoms with van der Waals surface area (Å²) in [6.45, 7) is 2.57. The first-order valence-corrected chi connectivity index (χ1v) is 14.8. The summed E-state index contributed by atoms with van der Waals surface area (Å²) >= 11 is 6.72. The maximum Gasteiger partial charge on any atom is 0.223 e. The van der Waals surface area contributed by atoms with E-state index < -0.39 is 0 Å². The normalized spacial score (nSPS) is 10.9. The van der Waals surface area contributed by atoms with Crippen LogP contribution in [0.5, 0.6) is 0 Å². The minimum absolute atomic E-state index is 0.156. The molecule has 0 spiro atoms. The summed E-state index contributed by atoms with van der Waals surface area (Å²) in [6.07, 6.45) is 2.39. The van der Waals surface area contributed by atoms with Gasteiger partial charge in [-0.15, -0.1) is 45.3 Å². The summed E-state index contributed by atoms with van der Waals surface area (Å²) < 4.78 is 0. The van der Waals surface area contributed by atoms with Gasteiger partial charge in [0.15, 0.2) is 0 Å². The van der Waals surface area contributed by atoms with Crippen LogP contribution < -0.4 is 0 Å². The largest absolute Gasteiger partial charge is 0.332 e. The van der Waals surface area contributed by atoms with Gasteiger partial charge in [0.05, 0.1) is 26.2 Å². The predicted octanol–water partition coefficient (Wildman–Crippen LogP) is 7.25. The van der Waals surface area contributed by atoms with Gasteiger partial charge in [0, 0.05) is 32.4 Å². The van der Waals surface area contributed by atoms with Crippen LogP contribution in [0.1, 0.15) is 45.2 Å². The van der Waals surface area contributed by atoms with E-state index in [1.807, 2.05) is 55.6 Å². The Kier molecular flexibility index (Phi) is 9.50. The standard InChI is InChI=1S/C26H28N2O2S4/c29-25(27(17-21-7-3-13-31-21)18-22-8-4-14-32-22)11-1-2-12-26(30)28(19-23-9-5-15-33-23)20-24-10-6-16-34-24/h3-10,13-16H,1-2,11-12,17-20H2. The van der Waals surface area contributed by atoms with Crippen LogP contribution >= 0.6 is 45.3 Å². The summed E-state index contributed by atoms with van der Waals surface area (Å²) in [7, 11) is 0. The van der Waals surface area contributed by atoms with E-state index in [0.29, 0.717) is 39.0 Å².